The highest BCUT2D eigenvalue weighted by Gasteiger charge is 2.32. The van der Waals surface area contributed by atoms with Gasteiger partial charge in [-0.25, -0.2) is 0 Å². The van der Waals surface area contributed by atoms with Gasteiger partial charge in [0.25, 0.3) is 0 Å². The average molecular weight is 293 g/mol. The highest BCUT2D eigenvalue weighted by atomic mass is 16.5. The molecule has 1 aromatic carbocycles. The molecule has 2 N–H and O–H groups in total. The zero-order valence-corrected chi connectivity index (χ0v) is 13.5. The summed E-state index contributed by atoms with van der Waals surface area (Å²) >= 11 is 0. The Morgan fingerprint density at radius 3 is 2.43 bits per heavy atom. The summed E-state index contributed by atoms with van der Waals surface area (Å²) in [4.78, 5) is 11.4. The first-order valence-corrected chi connectivity index (χ1v) is 7.54. The number of benzene rings is 1. The van der Waals surface area contributed by atoms with E-state index in [-0.39, 0.29) is 6.04 Å². The molecule has 0 aromatic heterocycles. The maximum atomic E-state index is 11.4. The van der Waals surface area contributed by atoms with Gasteiger partial charge in [-0.05, 0) is 59.1 Å². The lowest BCUT2D eigenvalue weighted by Gasteiger charge is -2.28. The van der Waals surface area contributed by atoms with E-state index >= 15 is 0 Å². The maximum absolute atomic E-state index is 11.4. The maximum Gasteiger partial charge on any atom is 0.323 e. The quantitative estimate of drug-likeness (QED) is 0.685. The number of hydrogen-bond acceptors (Lipinski definition) is 3. The van der Waals surface area contributed by atoms with Crippen molar-refractivity contribution < 1.29 is 14.6 Å². The van der Waals surface area contributed by atoms with E-state index in [1.54, 1.807) is 6.92 Å². The lowest BCUT2D eigenvalue weighted by atomic mass is 9.94. The van der Waals surface area contributed by atoms with E-state index in [4.69, 9.17) is 4.74 Å². The molecule has 1 atom stereocenters. The van der Waals surface area contributed by atoms with Crippen molar-refractivity contribution >= 4 is 5.97 Å². The van der Waals surface area contributed by atoms with Crippen molar-refractivity contribution in [2.75, 3.05) is 6.61 Å². The molecule has 0 radical (unpaired) electrons. The van der Waals surface area contributed by atoms with Crippen molar-refractivity contribution in [1.29, 1.82) is 0 Å². The minimum atomic E-state index is -0.863. The third-order valence-corrected chi connectivity index (χ3v) is 3.44. The van der Waals surface area contributed by atoms with Gasteiger partial charge in [-0.1, -0.05) is 17.7 Å². The van der Waals surface area contributed by atoms with Crippen LogP contribution in [0.25, 0.3) is 0 Å². The Kier molecular flexibility index (Phi) is 6.69. The van der Waals surface area contributed by atoms with Crippen LogP contribution in [0.15, 0.2) is 24.3 Å². The number of hydrogen-bond donors (Lipinski definition) is 2. The Balaban J connectivity index is 2.31. The zero-order chi connectivity index (χ0) is 15.9. The number of aryl methyl sites for hydroxylation is 1. The molecule has 0 spiro atoms. The first-order valence-electron chi connectivity index (χ1n) is 7.54. The second-order valence-corrected chi connectivity index (χ2v) is 6.05. The molecule has 1 rings (SSSR count). The van der Waals surface area contributed by atoms with E-state index in [0.29, 0.717) is 13.0 Å². The number of ether oxygens (including phenoxy) is 1. The van der Waals surface area contributed by atoms with Crippen molar-refractivity contribution in [2.45, 2.75) is 58.5 Å². The molecular weight excluding hydrogens is 266 g/mol. The first kappa shape index (κ1) is 17.5. The molecule has 0 heterocycles. The zero-order valence-electron chi connectivity index (χ0n) is 13.5. The van der Waals surface area contributed by atoms with E-state index in [1.807, 2.05) is 45.0 Å². The van der Waals surface area contributed by atoms with Crippen LogP contribution in [0.3, 0.4) is 0 Å². The van der Waals surface area contributed by atoms with Gasteiger partial charge < -0.3 is 9.84 Å². The largest absolute Gasteiger partial charge is 0.494 e. The molecule has 0 saturated carbocycles. The van der Waals surface area contributed by atoms with Gasteiger partial charge >= 0.3 is 5.97 Å². The molecule has 21 heavy (non-hydrogen) atoms. The van der Waals surface area contributed by atoms with Gasteiger partial charge in [-0.15, -0.1) is 0 Å². The van der Waals surface area contributed by atoms with E-state index in [1.165, 1.54) is 5.56 Å². The highest BCUT2D eigenvalue weighted by Crippen LogP contribution is 2.16. The fraction of sp³-hybridized carbons (Fsp3) is 0.588. The van der Waals surface area contributed by atoms with Crippen LogP contribution in [0.4, 0.5) is 0 Å². The molecule has 0 aliphatic heterocycles. The molecule has 0 fully saturated rings. The molecule has 0 amide bonds. The Morgan fingerprint density at radius 1 is 1.29 bits per heavy atom. The summed E-state index contributed by atoms with van der Waals surface area (Å²) in [6, 6.07) is 8.09. The normalized spacial score (nSPS) is 14.0. The Labute approximate surface area is 127 Å². The second kappa shape index (κ2) is 8.03. The average Bonchev–Trinajstić information content (AvgIpc) is 2.39. The number of aliphatic carboxylic acids is 1. The predicted octanol–water partition coefficient (Wildman–Crippen LogP) is 3.39. The first-order chi connectivity index (χ1) is 9.83. The highest BCUT2D eigenvalue weighted by molar-refractivity contribution is 5.78. The summed E-state index contributed by atoms with van der Waals surface area (Å²) in [5, 5.41) is 12.5. The van der Waals surface area contributed by atoms with Gasteiger partial charge in [0.05, 0.1) is 6.61 Å². The summed E-state index contributed by atoms with van der Waals surface area (Å²) < 4.78 is 5.65. The Hall–Kier alpha value is -1.55. The summed E-state index contributed by atoms with van der Waals surface area (Å²) in [5.74, 6) is 0.0672. The van der Waals surface area contributed by atoms with E-state index in [0.717, 1.165) is 18.6 Å². The molecule has 0 bridgehead atoms. The monoisotopic (exact) mass is 293 g/mol. The summed E-state index contributed by atoms with van der Waals surface area (Å²) in [7, 11) is 0. The lowest BCUT2D eigenvalue weighted by Crippen LogP contribution is -2.52. The van der Waals surface area contributed by atoms with Crippen molar-refractivity contribution in [3.63, 3.8) is 0 Å². The Bertz CT molecular complexity index is 442. The molecule has 118 valence electrons. The molecule has 4 heteroatoms. The number of nitrogens with one attached hydrogen (secondary N) is 1. The fourth-order valence-corrected chi connectivity index (χ4v) is 2.28. The van der Waals surface area contributed by atoms with Crippen LogP contribution in [0.5, 0.6) is 5.75 Å². The third-order valence-electron chi connectivity index (χ3n) is 3.44. The molecule has 1 unspecified atom stereocenters. The predicted molar refractivity (Wildman–Crippen MR) is 84.8 cm³/mol. The van der Waals surface area contributed by atoms with Gasteiger partial charge in [0.15, 0.2) is 0 Å². The smallest absolute Gasteiger partial charge is 0.323 e. The van der Waals surface area contributed by atoms with Gasteiger partial charge in [-0.3, -0.25) is 10.1 Å². The van der Waals surface area contributed by atoms with E-state index in [9.17, 15) is 9.90 Å². The second-order valence-electron chi connectivity index (χ2n) is 6.05. The fourth-order valence-electron chi connectivity index (χ4n) is 2.28. The van der Waals surface area contributed by atoms with Crippen molar-refractivity contribution in [1.82, 2.24) is 5.32 Å². The van der Waals surface area contributed by atoms with Crippen LogP contribution in [-0.4, -0.2) is 29.3 Å². The van der Waals surface area contributed by atoms with Gasteiger partial charge in [0.1, 0.15) is 11.3 Å². The summed E-state index contributed by atoms with van der Waals surface area (Å²) in [6.07, 6.45) is 2.25. The van der Waals surface area contributed by atoms with Crippen LogP contribution < -0.4 is 10.1 Å². The summed E-state index contributed by atoms with van der Waals surface area (Å²) in [6.45, 7) is 8.32. The van der Waals surface area contributed by atoms with Gasteiger partial charge in [0, 0.05) is 6.04 Å². The molecular formula is C17H27NO3. The molecule has 1 aromatic rings. The van der Waals surface area contributed by atoms with Crippen LogP contribution in [0.2, 0.25) is 0 Å². The number of carboxylic acids is 1. The molecule has 0 saturated heterocycles. The number of rotatable bonds is 9. The van der Waals surface area contributed by atoms with Crippen LogP contribution in [0, 0.1) is 6.92 Å². The van der Waals surface area contributed by atoms with Crippen LogP contribution >= 0.6 is 0 Å². The summed E-state index contributed by atoms with van der Waals surface area (Å²) in [5.41, 5.74) is 0.345. The Morgan fingerprint density at radius 2 is 1.90 bits per heavy atom. The van der Waals surface area contributed by atoms with Crippen molar-refractivity contribution in [2.24, 2.45) is 0 Å². The van der Waals surface area contributed by atoms with Crippen molar-refractivity contribution in [3.8, 4) is 5.75 Å². The standard InChI is InChI=1S/C17H27NO3/c1-13(2)18-17(4,16(19)20)11-5-6-12-21-15-9-7-14(3)8-10-15/h7-10,13,18H,5-6,11-12H2,1-4H3,(H,19,20). The number of unbranched alkanes of at least 4 members (excludes halogenated alkanes) is 1. The van der Waals surface area contributed by atoms with Crippen molar-refractivity contribution in [3.05, 3.63) is 29.8 Å². The van der Waals surface area contributed by atoms with Gasteiger partial charge in [0.2, 0.25) is 0 Å². The molecule has 0 aliphatic rings. The van der Waals surface area contributed by atoms with Crippen LogP contribution in [0.1, 0.15) is 45.6 Å². The minimum Gasteiger partial charge on any atom is -0.494 e. The van der Waals surface area contributed by atoms with Gasteiger partial charge in [-0.2, -0.15) is 0 Å². The van der Waals surface area contributed by atoms with Crippen LogP contribution in [-0.2, 0) is 4.79 Å². The topological polar surface area (TPSA) is 58.6 Å². The SMILES string of the molecule is Cc1ccc(OCCCCC(C)(NC(C)C)C(=O)O)cc1. The number of carbonyl (C=O) groups is 1. The number of carboxylic acid groups (broad SMARTS) is 1. The van der Waals surface area contributed by atoms with E-state index < -0.39 is 11.5 Å². The van der Waals surface area contributed by atoms with E-state index in [2.05, 4.69) is 5.32 Å². The minimum absolute atomic E-state index is 0.148. The molecule has 0 aliphatic carbocycles. The third kappa shape index (κ3) is 6.17. The lowest BCUT2D eigenvalue weighted by molar-refractivity contribution is -0.144. The molecule has 4 nitrogen and oxygen atoms in total.